The summed E-state index contributed by atoms with van der Waals surface area (Å²) in [6.07, 6.45) is 1.41. The summed E-state index contributed by atoms with van der Waals surface area (Å²) in [4.78, 5) is 30.4. The molecule has 0 saturated carbocycles. The monoisotopic (exact) mass is 845 g/mol. The summed E-state index contributed by atoms with van der Waals surface area (Å²) < 4.78 is 66.2. The number of benzene rings is 2. The van der Waals surface area contributed by atoms with Crippen LogP contribution in [0.4, 0.5) is 34.6 Å². The van der Waals surface area contributed by atoms with Gasteiger partial charge in [0.05, 0.1) is 50.8 Å². The van der Waals surface area contributed by atoms with Gasteiger partial charge in [-0.25, -0.2) is 22.9 Å². The molecule has 6 heterocycles. The molecule has 0 radical (unpaired) electrons. The molecule has 306 valence electrons. The minimum Gasteiger partial charge on any atom is -0.489 e. The van der Waals surface area contributed by atoms with Crippen LogP contribution in [0.15, 0.2) is 30.5 Å². The maximum Gasteiger partial charge on any atom is 0.412 e. The van der Waals surface area contributed by atoms with Crippen LogP contribution in [-0.2, 0) is 4.74 Å². The van der Waals surface area contributed by atoms with Crippen LogP contribution < -0.4 is 25.4 Å². The largest absolute Gasteiger partial charge is 0.489 e. The number of nitrogens with one attached hydrogen (secondary N) is 1. The molecule has 1 amide bonds. The summed E-state index contributed by atoms with van der Waals surface area (Å²) >= 11 is 7.97. The Morgan fingerprint density at radius 1 is 1.24 bits per heavy atom. The zero-order valence-electron chi connectivity index (χ0n) is 32.5. The Kier molecular flexibility index (Phi) is 10.3. The molecule has 4 atom stereocenters. The zero-order chi connectivity index (χ0) is 42.0. The van der Waals surface area contributed by atoms with Gasteiger partial charge >= 0.3 is 12.1 Å². The van der Waals surface area contributed by atoms with Crippen molar-refractivity contribution in [2.24, 2.45) is 0 Å². The standard InChI is InChI=1S/C41H39ClF3N9O4S/c1-20(23-7-5-13-49-35(23)48)54-22(10-12-46)18-56-33-29-32(50-38(51-36(29)54)57-19-41-11-6-14-53(41)17-21(43)15-41)31(45)28(30(33)42)24-8-9-26(44)34-27(24)25(16-47)37(59-34)52-39(55)58-40(2,3)4/h5,7-9,13,20-22H,6,10-11,14-15,17-19H2,1-4H3,(H2,48,49)(H,52,55)/t20?,21-,22+,41+/m1/s1. The lowest BCUT2D eigenvalue weighted by molar-refractivity contribution is 0.0636. The van der Waals surface area contributed by atoms with Crippen molar-refractivity contribution < 1.29 is 32.2 Å². The van der Waals surface area contributed by atoms with Gasteiger partial charge in [-0.2, -0.15) is 20.5 Å². The lowest BCUT2D eigenvalue weighted by Gasteiger charge is -2.36. The number of anilines is 3. The Morgan fingerprint density at radius 3 is 2.76 bits per heavy atom. The van der Waals surface area contributed by atoms with Crippen LogP contribution in [0.5, 0.6) is 11.8 Å². The second-order valence-corrected chi connectivity index (χ2v) is 17.4. The SMILES string of the molecule is CC(c1cccnc1N)N1c2nc(OC[C@@]34CCCN3C[C@H](F)C4)nc3c(F)c(-c4ccc(F)c5sc(NC(=O)OC(C)(C)C)c(C#N)c45)c(Cl)c(c23)OC[C@@H]1CC#N. The van der Waals surface area contributed by atoms with Crippen molar-refractivity contribution in [3.8, 4) is 35.0 Å². The number of nitrogens with zero attached hydrogens (tertiary/aromatic N) is 7. The molecule has 18 heteroatoms. The summed E-state index contributed by atoms with van der Waals surface area (Å²) in [6, 6.07) is 8.65. The molecule has 0 spiro atoms. The molecule has 0 bridgehead atoms. The van der Waals surface area contributed by atoms with Gasteiger partial charge in [-0.15, -0.1) is 11.3 Å². The summed E-state index contributed by atoms with van der Waals surface area (Å²) in [5.41, 5.74) is 4.83. The summed E-state index contributed by atoms with van der Waals surface area (Å²) in [5, 5.41) is 22.8. The van der Waals surface area contributed by atoms with Gasteiger partial charge in [-0.1, -0.05) is 23.7 Å². The van der Waals surface area contributed by atoms with Crippen molar-refractivity contribution >= 4 is 66.7 Å². The van der Waals surface area contributed by atoms with Crippen LogP contribution in [0.2, 0.25) is 5.02 Å². The number of halogens is 4. The predicted octanol–water partition coefficient (Wildman–Crippen LogP) is 8.84. The number of pyridine rings is 1. The average molecular weight is 846 g/mol. The minimum atomic E-state index is -1.03. The summed E-state index contributed by atoms with van der Waals surface area (Å²) in [6.45, 7) is 7.76. The number of ether oxygens (including phenoxy) is 3. The molecule has 2 fully saturated rings. The molecule has 2 saturated heterocycles. The molecular weight excluding hydrogens is 807 g/mol. The number of carbonyl (C=O) groups is 1. The van der Waals surface area contributed by atoms with Gasteiger partial charge in [0, 0.05) is 35.7 Å². The quantitative estimate of drug-likeness (QED) is 0.152. The van der Waals surface area contributed by atoms with Crippen molar-refractivity contribution in [3.63, 3.8) is 0 Å². The van der Waals surface area contributed by atoms with Crippen LogP contribution in [0, 0.1) is 34.3 Å². The highest BCUT2D eigenvalue weighted by Crippen LogP contribution is 2.52. The van der Waals surface area contributed by atoms with E-state index < -0.39 is 47.1 Å². The number of fused-ring (bicyclic) bond motifs is 2. The fourth-order valence-corrected chi connectivity index (χ4v) is 10.0. The van der Waals surface area contributed by atoms with Gasteiger partial charge < -0.3 is 24.8 Å². The normalized spacial score (nSPS) is 20.7. The highest BCUT2D eigenvalue weighted by molar-refractivity contribution is 7.23. The number of hydrogen-bond donors (Lipinski definition) is 2. The van der Waals surface area contributed by atoms with E-state index in [0.29, 0.717) is 18.5 Å². The van der Waals surface area contributed by atoms with E-state index in [-0.39, 0.29) is 104 Å². The fraction of sp³-hybridized carbons (Fsp3) is 0.415. The zero-order valence-corrected chi connectivity index (χ0v) is 34.1. The molecule has 0 aliphatic carbocycles. The number of rotatable bonds is 8. The Morgan fingerprint density at radius 2 is 2.03 bits per heavy atom. The van der Waals surface area contributed by atoms with E-state index in [1.54, 1.807) is 44.0 Å². The maximum absolute atomic E-state index is 17.8. The lowest BCUT2D eigenvalue weighted by Crippen LogP contribution is -2.43. The smallest absolute Gasteiger partial charge is 0.412 e. The molecule has 2 aromatic carbocycles. The third-order valence-electron chi connectivity index (χ3n) is 11.1. The van der Waals surface area contributed by atoms with Crippen LogP contribution in [0.3, 0.4) is 0 Å². The first-order valence-corrected chi connectivity index (χ1v) is 20.2. The second kappa shape index (κ2) is 15.2. The van der Waals surface area contributed by atoms with E-state index in [2.05, 4.69) is 26.3 Å². The van der Waals surface area contributed by atoms with Crippen LogP contribution in [0.25, 0.3) is 32.1 Å². The number of aromatic nitrogens is 3. The Hall–Kier alpha value is -5.62. The first-order valence-electron chi connectivity index (χ1n) is 19.0. The summed E-state index contributed by atoms with van der Waals surface area (Å²) in [7, 11) is 0. The molecule has 1 unspecified atom stereocenters. The number of carbonyl (C=O) groups excluding carboxylic acids is 1. The van der Waals surface area contributed by atoms with Crippen molar-refractivity contribution in [1.82, 2.24) is 19.9 Å². The van der Waals surface area contributed by atoms with E-state index in [9.17, 15) is 19.7 Å². The van der Waals surface area contributed by atoms with Crippen molar-refractivity contribution in [3.05, 3.63) is 58.2 Å². The first-order chi connectivity index (χ1) is 28.1. The number of nitriles is 2. The van der Waals surface area contributed by atoms with Gasteiger partial charge in [-0.05, 0) is 64.8 Å². The highest BCUT2D eigenvalue weighted by atomic mass is 35.5. The van der Waals surface area contributed by atoms with Gasteiger partial charge in [0.2, 0.25) is 0 Å². The average Bonchev–Trinajstić information content (AvgIpc) is 3.80. The first kappa shape index (κ1) is 40.2. The highest BCUT2D eigenvalue weighted by Gasteiger charge is 2.49. The predicted molar refractivity (Wildman–Crippen MR) is 217 cm³/mol. The third-order valence-corrected chi connectivity index (χ3v) is 12.6. The number of hydrogen-bond acceptors (Lipinski definition) is 13. The van der Waals surface area contributed by atoms with Crippen LogP contribution in [-0.4, -0.2) is 75.6 Å². The number of thiophene rings is 1. The van der Waals surface area contributed by atoms with E-state index in [1.165, 1.54) is 6.07 Å². The molecule has 3 aliphatic rings. The Balaban J connectivity index is 1.36. The Bertz CT molecular complexity index is 2610. The van der Waals surface area contributed by atoms with Crippen molar-refractivity contribution in [1.29, 1.82) is 10.5 Å². The fourth-order valence-electron chi connectivity index (χ4n) is 8.61. The van der Waals surface area contributed by atoms with Gasteiger partial charge in [0.1, 0.15) is 59.0 Å². The minimum absolute atomic E-state index is 0.0117. The number of alkyl halides is 1. The number of nitrogen functional groups attached to an aromatic ring is 1. The molecule has 5 aromatic rings. The third kappa shape index (κ3) is 7.04. The maximum atomic E-state index is 17.8. The van der Waals surface area contributed by atoms with E-state index >= 15 is 8.78 Å². The van der Waals surface area contributed by atoms with E-state index in [0.717, 1.165) is 23.8 Å². The Labute approximate surface area is 346 Å². The van der Waals surface area contributed by atoms with Crippen LogP contribution >= 0.6 is 22.9 Å². The molecule has 13 nitrogen and oxygen atoms in total. The molecule has 8 rings (SSSR count). The molecular formula is C41H39ClF3N9O4S. The van der Waals surface area contributed by atoms with E-state index in [4.69, 9.17) is 36.5 Å². The van der Waals surface area contributed by atoms with E-state index in [1.807, 2.05) is 13.0 Å². The van der Waals surface area contributed by atoms with Crippen LogP contribution in [0.1, 0.15) is 70.5 Å². The van der Waals surface area contributed by atoms with Crippen molar-refractivity contribution in [2.75, 3.05) is 42.3 Å². The number of amides is 1. The topological polar surface area (TPSA) is 176 Å². The summed E-state index contributed by atoms with van der Waals surface area (Å²) in [5.74, 6) is -1.34. The van der Waals surface area contributed by atoms with Gasteiger partial charge in [0.25, 0.3) is 0 Å². The second-order valence-electron chi connectivity index (χ2n) is 16.0. The lowest BCUT2D eigenvalue weighted by atomic mass is 9.95. The number of nitrogens with two attached hydrogens (primary N) is 1. The molecule has 59 heavy (non-hydrogen) atoms. The molecule has 3 aliphatic heterocycles. The van der Waals surface area contributed by atoms with Crippen molar-refractivity contribution in [2.45, 2.75) is 82.8 Å². The van der Waals surface area contributed by atoms with Gasteiger partial charge in [-0.3, -0.25) is 10.2 Å². The molecule has 3 N–H and O–H groups in total. The molecule has 3 aromatic heterocycles. The van der Waals surface area contributed by atoms with Gasteiger partial charge in [0.15, 0.2) is 11.6 Å².